The smallest absolute Gasteiger partial charge is 0.146 e. The molecule has 2 N–H and O–H groups in total. The molecule has 1 aromatic carbocycles. The highest BCUT2D eigenvalue weighted by Crippen LogP contribution is 2.15. The van der Waals surface area contributed by atoms with E-state index in [-0.39, 0.29) is 12.4 Å². The zero-order valence-corrected chi connectivity index (χ0v) is 10.2. The van der Waals surface area contributed by atoms with E-state index in [1.165, 1.54) is 6.07 Å². The molecule has 1 unspecified atom stereocenters. The van der Waals surface area contributed by atoms with Crippen LogP contribution >= 0.6 is 0 Å². The van der Waals surface area contributed by atoms with Gasteiger partial charge >= 0.3 is 0 Å². The highest BCUT2D eigenvalue weighted by atomic mass is 19.1. The molecule has 0 saturated carbocycles. The number of anilines is 1. The van der Waals surface area contributed by atoms with E-state index in [1.54, 1.807) is 29.2 Å². The van der Waals surface area contributed by atoms with Crippen molar-refractivity contribution in [2.45, 2.75) is 19.6 Å². The molecular weight excluding hydrogens is 233 g/mol. The van der Waals surface area contributed by atoms with Gasteiger partial charge in [0.05, 0.1) is 18.3 Å². The van der Waals surface area contributed by atoms with Crippen molar-refractivity contribution >= 4 is 5.69 Å². The molecule has 0 aliphatic heterocycles. The molecule has 0 aliphatic rings. The summed E-state index contributed by atoms with van der Waals surface area (Å²) in [6.45, 7) is 2.49. The summed E-state index contributed by atoms with van der Waals surface area (Å²) in [6, 6.07) is 6.75. The first-order valence-electron chi connectivity index (χ1n) is 5.80. The summed E-state index contributed by atoms with van der Waals surface area (Å²) >= 11 is 0. The second-order valence-electron chi connectivity index (χ2n) is 4.25. The predicted molar refractivity (Wildman–Crippen MR) is 67.9 cm³/mol. The number of aliphatic hydroxyl groups is 1. The van der Waals surface area contributed by atoms with Gasteiger partial charge in [0.15, 0.2) is 0 Å². The molecule has 1 aromatic heterocycles. The van der Waals surface area contributed by atoms with Crippen molar-refractivity contribution in [1.82, 2.24) is 9.78 Å². The van der Waals surface area contributed by atoms with E-state index in [2.05, 4.69) is 10.4 Å². The zero-order valence-electron chi connectivity index (χ0n) is 10.2. The van der Waals surface area contributed by atoms with Crippen LogP contribution in [0.25, 0.3) is 0 Å². The maximum atomic E-state index is 13.5. The highest BCUT2D eigenvalue weighted by molar-refractivity contribution is 5.46. The van der Waals surface area contributed by atoms with Crippen molar-refractivity contribution in [3.05, 3.63) is 48.0 Å². The molecule has 0 radical (unpaired) electrons. The quantitative estimate of drug-likeness (QED) is 0.849. The first-order valence-corrected chi connectivity index (χ1v) is 5.80. The van der Waals surface area contributed by atoms with Crippen molar-refractivity contribution in [2.75, 3.05) is 11.9 Å². The Bertz CT molecular complexity index is 499. The van der Waals surface area contributed by atoms with Gasteiger partial charge in [0.25, 0.3) is 0 Å². The van der Waals surface area contributed by atoms with E-state index < -0.39 is 6.10 Å². The number of aliphatic hydroxyl groups excluding tert-OH is 1. The Morgan fingerprint density at radius 1 is 1.50 bits per heavy atom. The van der Waals surface area contributed by atoms with Crippen LogP contribution < -0.4 is 5.32 Å². The topological polar surface area (TPSA) is 50.1 Å². The van der Waals surface area contributed by atoms with Gasteiger partial charge in [-0.25, -0.2) is 4.39 Å². The van der Waals surface area contributed by atoms with Crippen molar-refractivity contribution in [3.63, 3.8) is 0 Å². The summed E-state index contributed by atoms with van der Waals surface area (Å²) in [4.78, 5) is 0. The molecule has 2 aromatic rings. The number of aryl methyl sites for hydroxylation is 1. The highest BCUT2D eigenvalue weighted by Gasteiger charge is 2.07. The Labute approximate surface area is 105 Å². The fourth-order valence-corrected chi connectivity index (χ4v) is 1.68. The van der Waals surface area contributed by atoms with Gasteiger partial charge in [-0.3, -0.25) is 4.68 Å². The first-order chi connectivity index (χ1) is 8.65. The van der Waals surface area contributed by atoms with Crippen LogP contribution in [0.1, 0.15) is 5.56 Å². The molecule has 0 bridgehead atoms. The number of halogens is 1. The molecule has 0 aliphatic carbocycles. The molecule has 0 fully saturated rings. The fraction of sp³-hybridized carbons (Fsp3) is 0.308. The van der Waals surface area contributed by atoms with Gasteiger partial charge in [-0.15, -0.1) is 0 Å². The minimum atomic E-state index is -0.620. The lowest BCUT2D eigenvalue weighted by atomic mass is 10.2. The van der Waals surface area contributed by atoms with E-state index in [4.69, 9.17) is 0 Å². The maximum absolute atomic E-state index is 13.5. The van der Waals surface area contributed by atoms with Crippen molar-refractivity contribution < 1.29 is 9.50 Å². The molecule has 0 saturated heterocycles. The summed E-state index contributed by atoms with van der Waals surface area (Å²) in [7, 11) is 0. The van der Waals surface area contributed by atoms with Crippen LogP contribution in [0, 0.1) is 12.7 Å². The largest absolute Gasteiger partial charge is 0.389 e. The van der Waals surface area contributed by atoms with E-state index in [0.717, 1.165) is 5.56 Å². The summed E-state index contributed by atoms with van der Waals surface area (Å²) in [5, 5.41) is 16.7. The van der Waals surface area contributed by atoms with Crippen LogP contribution in [-0.4, -0.2) is 27.5 Å². The van der Waals surface area contributed by atoms with Crippen LogP contribution in [0.5, 0.6) is 0 Å². The number of rotatable bonds is 5. The summed E-state index contributed by atoms with van der Waals surface area (Å²) in [6.07, 6.45) is 2.81. The Morgan fingerprint density at radius 3 is 3.00 bits per heavy atom. The number of benzene rings is 1. The van der Waals surface area contributed by atoms with E-state index in [0.29, 0.717) is 12.2 Å². The molecule has 2 rings (SSSR count). The van der Waals surface area contributed by atoms with Gasteiger partial charge < -0.3 is 10.4 Å². The number of aromatic nitrogens is 2. The zero-order chi connectivity index (χ0) is 13.0. The molecule has 0 spiro atoms. The van der Waals surface area contributed by atoms with Crippen LogP contribution in [0.4, 0.5) is 10.1 Å². The molecule has 1 heterocycles. The summed E-state index contributed by atoms with van der Waals surface area (Å²) in [5.74, 6) is -0.304. The van der Waals surface area contributed by atoms with Gasteiger partial charge in [-0.2, -0.15) is 5.10 Å². The predicted octanol–water partition coefficient (Wildman–Crippen LogP) is 1.80. The third-order valence-corrected chi connectivity index (χ3v) is 2.61. The molecular formula is C13H16FN3O. The Balaban J connectivity index is 1.87. The molecule has 5 heteroatoms. The molecule has 18 heavy (non-hydrogen) atoms. The second-order valence-corrected chi connectivity index (χ2v) is 4.25. The molecule has 0 amide bonds. The Morgan fingerprint density at radius 2 is 2.33 bits per heavy atom. The van der Waals surface area contributed by atoms with Crippen LogP contribution in [0.15, 0.2) is 36.7 Å². The Hall–Kier alpha value is -1.88. The third-order valence-electron chi connectivity index (χ3n) is 2.61. The molecule has 4 nitrogen and oxygen atoms in total. The van der Waals surface area contributed by atoms with Gasteiger partial charge in [-0.05, 0) is 30.7 Å². The van der Waals surface area contributed by atoms with E-state index >= 15 is 0 Å². The van der Waals surface area contributed by atoms with Crippen LogP contribution in [0.2, 0.25) is 0 Å². The lowest BCUT2D eigenvalue weighted by molar-refractivity contribution is 0.161. The molecule has 96 valence electrons. The van der Waals surface area contributed by atoms with E-state index in [9.17, 15) is 9.50 Å². The lowest BCUT2D eigenvalue weighted by Crippen LogP contribution is -2.25. The summed E-state index contributed by atoms with van der Waals surface area (Å²) in [5.41, 5.74) is 1.27. The van der Waals surface area contributed by atoms with Crippen LogP contribution in [-0.2, 0) is 6.54 Å². The number of nitrogens with zero attached hydrogens (tertiary/aromatic N) is 2. The van der Waals surface area contributed by atoms with Gasteiger partial charge in [-0.1, -0.05) is 6.07 Å². The van der Waals surface area contributed by atoms with Crippen LogP contribution in [0.3, 0.4) is 0 Å². The molecule has 1 atom stereocenters. The normalized spacial score (nSPS) is 12.4. The lowest BCUT2D eigenvalue weighted by Gasteiger charge is -2.13. The SMILES string of the molecule is Cc1ccc(NCC(O)Cn2cccn2)c(F)c1. The average Bonchev–Trinajstić information content (AvgIpc) is 2.80. The number of hydrogen-bond donors (Lipinski definition) is 2. The van der Waals surface area contributed by atoms with Crippen molar-refractivity contribution in [2.24, 2.45) is 0 Å². The Kier molecular flexibility index (Phi) is 3.94. The summed E-state index contributed by atoms with van der Waals surface area (Å²) < 4.78 is 15.2. The van der Waals surface area contributed by atoms with Gasteiger partial charge in [0, 0.05) is 18.9 Å². The maximum Gasteiger partial charge on any atom is 0.146 e. The second kappa shape index (κ2) is 5.64. The third kappa shape index (κ3) is 3.30. The standard InChI is InChI=1S/C13H16FN3O/c1-10-3-4-13(12(14)7-10)15-8-11(18)9-17-6-2-5-16-17/h2-7,11,15,18H,8-9H2,1H3. The van der Waals surface area contributed by atoms with Crippen molar-refractivity contribution in [1.29, 1.82) is 0 Å². The first kappa shape index (κ1) is 12.6. The average molecular weight is 249 g/mol. The minimum absolute atomic E-state index is 0.278. The van der Waals surface area contributed by atoms with Gasteiger partial charge in [0.1, 0.15) is 5.82 Å². The fourth-order valence-electron chi connectivity index (χ4n) is 1.68. The number of nitrogens with one attached hydrogen (secondary N) is 1. The van der Waals surface area contributed by atoms with Crippen molar-refractivity contribution in [3.8, 4) is 0 Å². The minimum Gasteiger partial charge on any atom is -0.389 e. The van der Waals surface area contributed by atoms with E-state index in [1.807, 2.05) is 13.0 Å². The monoisotopic (exact) mass is 249 g/mol. The number of hydrogen-bond acceptors (Lipinski definition) is 3. The van der Waals surface area contributed by atoms with Gasteiger partial charge in [0.2, 0.25) is 0 Å².